The van der Waals surface area contributed by atoms with E-state index in [1.54, 1.807) is 12.1 Å². The average Bonchev–Trinajstić information content (AvgIpc) is 1.85. The SMILES string of the molecule is O=S(=O)=Cc1cc[c]c(Cl)c1. The third-order valence-electron chi connectivity index (χ3n) is 1.02. The zero-order chi connectivity index (χ0) is 8.27. The lowest BCUT2D eigenvalue weighted by Gasteiger charge is -1.88. The van der Waals surface area contributed by atoms with Crippen LogP contribution in [0.5, 0.6) is 0 Å². The molecule has 0 amide bonds. The summed E-state index contributed by atoms with van der Waals surface area (Å²) in [6, 6.07) is 7.40. The maximum Gasteiger partial charge on any atom is 0.214 e. The van der Waals surface area contributed by atoms with Gasteiger partial charge < -0.3 is 0 Å². The van der Waals surface area contributed by atoms with Crippen molar-refractivity contribution in [1.82, 2.24) is 0 Å². The van der Waals surface area contributed by atoms with Crippen LogP contribution in [0.15, 0.2) is 18.2 Å². The fourth-order valence-corrected chi connectivity index (χ4v) is 1.20. The highest BCUT2D eigenvalue weighted by Gasteiger charge is 1.89. The molecular weight excluding hydrogens is 184 g/mol. The van der Waals surface area contributed by atoms with Gasteiger partial charge >= 0.3 is 0 Å². The van der Waals surface area contributed by atoms with Gasteiger partial charge in [0.05, 0.1) is 5.37 Å². The smallest absolute Gasteiger partial charge is 0.185 e. The van der Waals surface area contributed by atoms with Gasteiger partial charge in [-0.3, -0.25) is 0 Å². The predicted octanol–water partition coefficient (Wildman–Crippen LogP) is 1.17. The summed E-state index contributed by atoms with van der Waals surface area (Å²) in [5.74, 6) is 0. The van der Waals surface area contributed by atoms with Crippen LogP contribution in [0.3, 0.4) is 0 Å². The molecule has 0 saturated carbocycles. The second-order valence-corrected chi connectivity index (χ2v) is 3.01. The summed E-state index contributed by atoms with van der Waals surface area (Å²) in [6.07, 6.45) is 0. The molecule has 2 nitrogen and oxygen atoms in total. The summed E-state index contributed by atoms with van der Waals surface area (Å²) in [6.45, 7) is 0. The Morgan fingerprint density at radius 3 is 2.82 bits per heavy atom. The van der Waals surface area contributed by atoms with Crippen molar-refractivity contribution in [3.8, 4) is 0 Å². The maximum atomic E-state index is 10.2. The molecule has 1 radical (unpaired) electrons. The van der Waals surface area contributed by atoms with Crippen LogP contribution >= 0.6 is 11.6 Å². The highest BCUT2D eigenvalue weighted by atomic mass is 35.5. The van der Waals surface area contributed by atoms with Gasteiger partial charge in [-0.25, -0.2) is 0 Å². The van der Waals surface area contributed by atoms with Gasteiger partial charge in [0.2, 0.25) is 10.3 Å². The van der Waals surface area contributed by atoms with Crippen molar-refractivity contribution in [3.63, 3.8) is 0 Å². The van der Waals surface area contributed by atoms with Gasteiger partial charge in [0.15, 0.2) is 0 Å². The fourth-order valence-electron chi connectivity index (χ4n) is 0.638. The molecule has 0 aliphatic heterocycles. The summed E-state index contributed by atoms with van der Waals surface area (Å²) in [5.41, 5.74) is 0.557. The number of benzene rings is 1. The van der Waals surface area contributed by atoms with Crippen LogP contribution < -0.4 is 0 Å². The van der Waals surface area contributed by atoms with Crippen molar-refractivity contribution in [2.24, 2.45) is 0 Å². The lowest BCUT2D eigenvalue weighted by atomic mass is 10.2. The van der Waals surface area contributed by atoms with Crippen molar-refractivity contribution < 1.29 is 8.42 Å². The molecule has 0 heterocycles. The molecular formula is C7H4ClO2S. The first-order chi connectivity index (χ1) is 5.18. The molecule has 0 bridgehead atoms. The predicted molar refractivity (Wildman–Crippen MR) is 44.4 cm³/mol. The van der Waals surface area contributed by atoms with Gasteiger partial charge in [0.25, 0.3) is 0 Å². The van der Waals surface area contributed by atoms with Crippen LogP contribution in [-0.2, 0) is 10.3 Å². The maximum absolute atomic E-state index is 10.2. The number of rotatable bonds is 1. The second kappa shape index (κ2) is 3.55. The highest BCUT2D eigenvalue weighted by Crippen LogP contribution is 2.07. The molecule has 0 spiro atoms. The summed E-state index contributed by atoms with van der Waals surface area (Å²) in [7, 11) is -2.17. The Bertz CT molecular complexity index is 373. The Balaban J connectivity index is 3.17. The molecule has 0 saturated heterocycles. The molecule has 1 aromatic rings. The normalized spacial score (nSPS) is 9.18. The minimum Gasteiger partial charge on any atom is -0.185 e. The van der Waals surface area contributed by atoms with Gasteiger partial charge in [-0.15, -0.1) is 0 Å². The van der Waals surface area contributed by atoms with Crippen molar-refractivity contribution in [2.45, 2.75) is 0 Å². The van der Waals surface area contributed by atoms with Crippen LogP contribution in [0.4, 0.5) is 0 Å². The summed E-state index contributed by atoms with van der Waals surface area (Å²) in [4.78, 5) is 0. The largest absolute Gasteiger partial charge is 0.214 e. The molecule has 11 heavy (non-hydrogen) atoms. The quantitative estimate of drug-likeness (QED) is 0.619. The van der Waals surface area contributed by atoms with Crippen molar-refractivity contribution in [3.05, 3.63) is 34.9 Å². The molecule has 0 unspecified atom stereocenters. The van der Waals surface area contributed by atoms with Crippen molar-refractivity contribution in [2.75, 3.05) is 0 Å². The van der Waals surface area contributed by atoms with Crippen LogP contribution in [0.25, 0.3) is 0 Å². The number of hydrogen-bond donors (Lipinski definition) is 0. The van der Waals surface area contributed by atoms with E-state index in [9.17, 15) is 8.42 Å². The summed E-state index contributed by atoms with van der Waals surface area (Å²) in [5, 5.41) is 1.49. The van der Waals surface area contributed by atoms with Gasteiger partial charge in [0.1, 0.15) is 0 Å². The van der Waals surface area contributed by atoms with E-state index in [0.717, 1.165) is 5.37 Å². The zero-order valence-electron chi connectivity index (χ0n) is 5.41. The van der Waals surface area contributed by atoms with E-state index in [4.69, 9.17) is 11.6 Å². The van der Waals surface area contributed by atoms with Crippen molar-refractivity contribution >= 4 is 27.3 Å². The molecule has 0 atom stereocenters. The molecule has 4 heteroatoms. The lowest BCUT2D eigenvalue weighted by Crippen LogP contribution is -1.80. The first-order valence-corrected chi connectivity index (χ1v) is 4.30. The summed E-state index contributed by atoms with van der Waals surface area (Å²) >= 11 is 5.55. The number of halogens is 1. The molecule has 0 aromatic heterocycles. The van der Waals surface area contributed by atoms with Crippen LogP contribution in [0, 0.1) is 6.07 Å². The van der Waals surface area contributed by atoms with E-state index >= 15 is 0 Å². The minimum atomic E-state index is -2.17. The van der Waals surface area contributed by atoms with E-state index < -0.39 is 10.3 Å². The zero-order valence-corrected chi connectivity index (χ0v) is 6.98. The third-order valence-corrected chi connectivity index (χ3v) is 1.71. The molecule has 1 rings (SSSR count). The van der Waals surface area contributed by atoms with Gasteiger partial charge in [-0.1, -0.05) is 23.7 Å². The highest BCUT2D eigenvalue weighted by molar-refractivity contribution is 7.71. The standard InChI is InChI=1S/C7H4ClO2S/c8-7-3-1-2-6(4-7)5-11(9)10/h1-2,4-5H. The van der Waals surface area contributed by atoms with Crippen LogP contribution in [-0.4, -0.2) is 13.8 Å². The van der Waals surface area contributed by atoms with E-state index in [2.05, 4.69) is 6.07 Å². The van der Waals surface area contributed by atoms with Gasteiger partial charge in [-0.05, 0) is 11.6 Å². The van der Waals surface area contributed by atoms with E-state index in [0.29, 0.717) is 10.6 Å². The second-order valence-electron chi connectivity index (χ2n) is 1.85. The Morgan fingerprint density at radius 2 is 2.27 bits per heavy atom. The van der Waals surface area contributed by atoms with Gasteiger partial charge in [-0.2, -0.15) is 8.42 Å². The van der Waals surface area contributed by atoms with Crippen molar-refractivity contribution in [1.29, 1.82) is 0 Å². The molecule has 0 aliphatic carbocycles. The van der Waals surface area contributed by atoms with Crippen LogP contribution in [0.1, 0.15) is 5.56 Å². The molecule has 0 N–H and O–H groups in total. The van der Waals surface area contributed by atoms with E-state index in [-0.39, 0.29) is 0 Å². The first kappa shape index (κ1) is 8.30. The Labute approximate surface area is 71.0 Å². The fraction of sp³-hybridized carbons (Fsp3) is 0. The Morgan fingerprint density at radius 1 is 1.55 bits per heavy atom. The summed E-state index contributed by atoms with van der Waals surface area (Å²) < 4.78 is 20.3. The molecule has 57 valence electrons. The Kier molecular flexibility index (Phi) is 2.68. The van der Waals surface area contributed by atoms with Gasteiger partial charge in [0, 0.05) is 11.1 Å². The molecule has 0 fully saturated rings. The lowest BCUT2D eigenvalue weighted by molar-refractivity contribution is 0.627. The third kappa shape index (κ3) is 2.74. The minimum absolute atomic E-state index is 0.407. The Hall–Kier alpha value is -0.800. The molecule has 1 aromatic carbocycles. The van der Waals surface area contributed by atoms with E-state index in [1.807, 2.05) is 0 Å². The molecule has 0 aliphatic rings. The monoisotopic (exact) mass is 187 g/mol. The van der Waals surface area contributed by atoms with E-state index in [1.165, 1.54) is 6.07 Å². The van der Waals surface area contributed by atoms with Crippen LogP contribution in [0.2, 0.25) is 5.02 Å². The topological polar surface area (TPSA) is 34.1 Å². The number of hydrogen-bond acceptors (Lipinski definition) is 2. The average molecular weight is 188 g/mol. The first-order valence-electron chi connectivity index (χ1n) is 2.78.